The summed E-state index contributed by atoms with van der Waals surface area (Å²) in [5.74, 6) is -0.144. The van der Waals surface area contributed by atoms with Crippen LogP contribution in [0.5, 0.6) is 0 Å². The molecule has 0 saturated heterocycles. The molecule has 0 spiro atoms. The first-order chi connectivity index (χ1) is 6.63. The summed E-state index contributed by atoms with van der Waals surface area (Å²) in [6.07, 6.45) is 1.70. The molecule has 0 heterocycles. The van der Waals surface area contributed by atoms with Gasteiger partial charge in [-0.25, -0.2) is 0 Å². The highest BCUT2D eigenvalue weighted by atomic mass is 79.9. The van der Waals surface area contributed by atoms with Gasteiger partial charge in [0, 0.05) is 10.2 Å². The molecule has 0 atom stereocenters. The summed E-state index contributed by atoms with van der Waals surface area (Å²) in [4.78, 5) is 11.4. The van der Waals surface area contributed by atoms with Gasteiger partial charge >= 0.3 is 0 Å². The van der Waals surface area contributed by atoms with Crippen LogP contribution in [0.2, 0.25) is 0 Å². The highest BCUT2D eigenvalue weighted by molar-refractivity contribution is 9.12. The molecule has 0 aliphatic rings. The summed E-state index contributed by atoms with van der Waals surface area (Å²) in [5.41, 5.74) is 0.775. The zero-order valence-electron chi connectivity index (χ0n) is 7.55. The van der Waals surface area contributed by atoms with Crippen LogP contribution in [0.1, 0.15) is 6.92 Å². The molecule has 0 saturated carbocycles. The number of amides is 1. The second kappa shape index (κ2) is 5.32. The van der Waals surface area contributed by atoms with Crippen LogP contribution in [-0.4, -0.2) is 5.91 Å². The molecular formula is C10H9Br2NO. The van der Waals surface area contributed by atoms with Crippen molar-refractivity contribution in [2.24, 2.45) is 0 Å². The minimum absolute atomic E-state index is 0.144. The third-order valence-electron chi connectivity index (χ3n) is 1.57. The lowest BCUT2D eigenvalue weighted by atomic mass is 10.3. The molecule has 0 fully saturated rings. The Bertz CT molecular complexity index is 357. The smallest absolute Gasteiger partial charge is 0.262 e. The summed E-state index contributed by atoms with van der Waals surface area (Å²) < 4.78 is 1.51. The van der Waals surface area contributed by atoms with E-state index in [9.17, 15) is 4.79 Å². The number of halogens is 2. The van der Waals surface area contributed by atoms with Crippen molar-refractivity contribution >= 4 is 43.5 Å². The van der Waals surface area contributed by atoms with Gasteiger partial charge in [-0.05, 0) is 47.1 Å². The van der Waals surface area contributed by atoms with Crippen molar-refractivity contribution in [2.45, 2.75) is 6.92 Å². The predicted octanol–water partition coefficient (Wildman–Crippen LogP) is 3.69. The largest absolute Gasteiger partial charge is 0.322 e. The maximum atomic E-state index is 11.4. The van der Waals surface area contributed by atoms with Gasteiger partial charge in [0.2, 0.25) is 0 Å². The molecule has 1 rings (SSSR count). The lowest BCUT2D eigenvalue weighted by molar-refractivity contribution is -0.112. The molecule has 0 radical (unpaired) electrons. The number of carbonyl (C=O) groups excluding carboxylic acids is 1. The van der Waals surface area contributed by atoms with Gasteiger partial charge in [0.25, 0.3) is 5.91 Å². The van der Waals surface area contributed by atoms with Crippen LogP contribution in [0.25, 0.3) is 0 Å². The van der Waals surface area contributed by atoms with Crippen LogP contribution in [0, 0.1) is 0 Å². The fourth-order valence-electron chi connectivity index (χ4n) is 0.855. The lowest BCUT2D eigenvalue weighted by Gasteiger charge is -2.03. The standard InChI is InChI=1S/C10H9Br2NO/c1-2-9(12)10(14)13-8-5-3-7(11)4-6-8/h2-6H,1H3,(H,13,14). The van der Waals surface area contributed by atoms with Gasteiger partial charge in [-0.3, -0.25) is 4.79 Å². The minimum Gasteiger partial charge on any atom is -0.322 e. The molecule has 2 nitrogen and oxygen atoms in total. The van der Waals surface area contributed by atoms with E-state index in [1.165, 1.54) is 0 Å². The van der Waals surface area contributed by atoms with Crippen molar-refractivity contribution in [1.82, 2.24) is 0 Å². The van der Waals surface area contributed by atoms with E-state index in [0.29, 0.717) is 4.48 Å². The molecule has 0 aromatic heterocycles. The van der Waals surface area contributed by atoms with Gasteiger partial charge in [-0.1, -0.05) is 22.0 Å². The normalized spacial score (nSPS) is 11.2. The molecule has 0 aliphatic carbocycles. The van der Waals surface area contributed by atoms with Gasteiger partial charge in [0.15, 0.2) is 0 Å². The van der Waals surface area contributed by atoms with Crippen LogP contribution in [0.15, 0.2) is 39.3 Å². The number of allylic oxidation sites excluding steroid dienone is 1. The number of benzene rings is 1. The highest BCUT2D eigenvalue weighted by Gasteiger charge is 2.04. The van der Waals surface area contributed by atoms with Crippen molar-refractivity contribution in [3.63, 3.8) is 0 Å². The van der Waals surface area contributed by atoms with E-state index in [4.69, 9.17) is 0 Å². The summed E-state index contributed by atoms with van der Waals surface area (Å²) >= 11 is 6.47. The molecule has 1 aromatic rings. The lowest BCUT2D eigenvalue weighted by Crippen LogP contribution is -2.10. The fourth-order valence-corrected chi connectivity index (χ4v) is 1.22. The molecule has 1 aromatic carbocycles. The quantitative estimate of drug-likeness (QED) is 0.828. The van der Waals surface area contributed by atoms with E-state index >= 15 is 0 Å². The number of carbonyl (C=O) groups is 1. The third kappa shape index (κ3) is 3.27. The average molecular weight is 319 g/mol. The van der Waals surface area contributed by atoms with Gasteiger partial charge in [-0.15, -0.1) is 0 Å². The van der Waals surface area contributed by atoms with Crippen molar-refractivity contribution < 1.29 is 4.79 Å². The van der Waals surface area contributed by atoms with E-state index in [1.54, 1.807) is 13.0 Å². The Morgan fingerprint density at radius 2 is 1.93 bits per heavy atom. The van der Waals surface area contributed by atoms with Crippen molar-refractivity contribution in [2.75, 3.05) is 5.32 Å². The van der Waals surface area contributed by atoms with Gasteiger partial charge in [0.05, 0.1) is 4.48 Å². The molecular weight excluding hydrogens is 310 g/mol. The Hall–Kier alpha value is -0.610. The first-order valence-electron chi connectivity index (χ1n) is 4.02. The number of rotatable bonds is 2. The molecule has 1 amide bonds. The molecule has 4 heteroatoms. The summed E-state index contributed by atoms with van der Waals surface area (Å²) in [5, 5.41) is 2.74. The zero-order valence-corrected chi connectivity index (χ0v) is 10.7. The first kappa shape index (κ1) is 11.5. The SMILES string of the molecule is CC=C(Br)C(=O)Nc1ccc(Br)cc1. The maximum absolute atomic E-state index is 11.4. The van der Waals surface area contributed by atoms with Crippen LogP contribution in [-0.2, 0) is 4.79 Å². The Balaban J connectivity index is 2.70. The average Bonchev–Trinajstić information content (AvgIpc) is 2.20. The van der Waals surface area contributed by atoms with Gasteiger partial charge in [-0.2, -0.15) is 0 Å². The second-order valence-electron chi connectivity index (χ2n) is 2.60. The number of hydrogen-bond donors (Lipinski definition) is 1. The molecule has 0 aliphatic heterocycles. The number of anilines is 1. The second-order valence-corrected chi connectivity index (χ2v) is 4.37. The minimum atomic E-state index is -0.144. The fraction of sp³-hybridized carbons (Fsp3) is 0.100. The maximum Gasteiger partial charge on any atom is 0.262 e. The van der Waals surface area contributed by atoms with Crippen LogP contribution >= 0.6 is 31.9 Å². The summed E-state index contributed by atoms with van der Waals surface area (Å²) in [6.45, 7) is 1.80. The van der Waals surface area contributed by atoms with Crippen LogP contribution < -0.4 is 5.32 Å². The van der Waals surface area contributed by atoms with Crippen LogP contribution in [0.3, 0.4) is 0 Å². The van der Waals surface area contributed by atoms with E-state index in [1.807, 2.05) is 24.3 Å². The topological polar surface area (TPSA) is 29.1 Å². The van der Waals surface area contributed by atoms with Gasteiger partial charge < -0.3 is 5.32 Å². The summed E-state index contributed by atoms with van der Waals surface area (Å²) in [6, 6.07) is 7.41. The van der Waals surface area contributed by atoms with Crippen molar-refractivity contribution in [1.29, 1.82) is 0 Å². The molecule has 0 unspecified atom stereocenters. The molecule has 14 heavy (non-hydrogen) atoms. The molecule has 0 bridgehead atoms. The predicted molar refractivity (Wildman–Crippen MR) is 65.5 cm³/mol. The van der Waals surface area contributed by atoms with Crippen LogP contribution in [0.4, 0.5) is 5.69 Å². The zero-order chi connectivity index (χ0) is 10.6. The van der Waals surface area contributed by atoms with Crippen molar-refractivity contribution in [3.05, 3.63) is 39.3 Å². The highest BCUT2D eigenvalue weighted by Crippen LogP contribution is 2.15. The van der Waals surface area contributed by atoms with E-state index in [0.717, 1.165) is 10.2 Å². The number of nitrogens with one attached hydrogen (secondary N) is 1. The van der Waals surface area contributed by atoms with Gasteiger partial charge in [0.1, 0.15) is 0 Å². The first-order valence-corrected chi connectivity index (χ1v) is 5.61. The number of hydrogen-bond acceptors (Lipinski definition) is 1. The monoisotopic (exact) mass is 317 g/mol. The van der Waals surface area contributed by atoms with E-state index in [2.05, 4.69) is 37.2 Å². The Morgan fingerprint density at radius 1 is 1.36 bits per heavy atom. The third-order valence-corrected chi connectivity index (χ3v) is 2.92. The summed E-state index contributed by atoms with van der Waals surface area (Å²) in [7, 11) is 0. The Morgan fingerprint density at radius 3 is 2.43 bits per heavy atom. The Labute approximate surface area is 99.6 Å². The van der Waals surface area contributed by atoms with E-state index < -0.39 is 0 Å². The Kier molecular flexibility index (Phi) is 4.35. The molecule has 1 N–H and O–H groups in total. The molecule has 74 valence electrons. The van der Waals surface area contributed by atoms with Crippen molar-refractivity contribution in [3.8, 4) is 0 Å². The van der Waals surface area contributed by atoms with E-state index in [-0.39, 0.29) is 5.91 Å².